The normalized spacial score (nSPS) is 16.8. The Bertz CT molecular complexity index is 993. The van der Waals surface area contributed by atoms with Gasteiger partial charge in [-0.1, -0.05) is 28.9 Å². The first-order valence-electron chi connectivity index (χ1n) is 7.72. The van der Waals surface area contributed by atoms with Crippen molar-refractivity contribution in [2.75, 3.05) is 6.54 Å². The third kappa shape index (κ3) is 2.24. The molecular formula is C18H14BrNO3S. The minimum absolute atomic E-state index is 0.127. The Labute approximate surface area is 150 Å². The highest BCUT2D eigenvalue weighted by Gasteiger charge is 2.42. The zero-order chi connectivity index (χ0) is 16.8. The molecule has 122 valence electrons. The summed E-state index contributed by atoms with van der Waals surface area (Å²) >= 11 is 4.94. The number of hydrogen-bond donors (Lipinski definition) is 0. The smallest absolute Gasteiger partial charge is 0.290 e. The largest absolute Gasteiger partial charge is 0.450 e. The number of thiophene rings is 1. The van der Waals surface area contributed by atoms with Crippen LogP contribution in [-0.2, 0) is 0 Å². The number of rotatable bonds is 3. The van der Waals surface area contributed by atoms with Gasteiger partial charge in [-0.2, -0.15) is 0 Å². The van der Waals surface area contributed by atoms with Crippen molar-refractivity contribution in [2.24, 2.45) is 0 Å². The Kier molecular flexibility index (Phi) is 3.81. The van der Waals surface area contributed by atoms with E-state index in [9.17, 15) is 9.59 Å². The zero-order valence-electron chi connectivity index (χ0n) is 12.9. The van der Waals surface area contributed by atoms with E-state index in [0.29, 0.717) is 23.1 Å². The van der Waals surface area contributed by atoms with E-state index in [1.54, 1.807) is 34.4 Å². The van der Waals surface area contributed by atoms with E-state index >= 15 is 0 Å². The second-order valence-corrected chi connectivity index (χ2v) is 7.63. The highest BCUT2D eigenvalue weighted by molar-refractivity contribution is 9.10. The monoisotopic (exact) mass is 403 g/mol. The highest BCUT2D eigenvalue weighted by Crippen LogP contribution is 2.39. The molecule has 1 unspecified atom stereocenters. The van der Waals surface area contributed by atoms with Crippen LogP contribution in [0.15, 0.2) is 49.4 Å². The van der Waals surface area contributed by atoms with E-state index in [0.717, 1.165) is 15.8 Å². The first kappa shape index (κ1) is 15.6. The number of nitrogens with zero attached hydrogens (tertiary/aromatic N) is 1. The van der Waals surface area contributed by atoms with E-state index < -0.39 is 0 Å². The summed E-state index contributed by atoms with van der Waals surface area (Å²) < 4.78 is 6.66. The van der Waals surface area contributed by atoms with Crippen molar-refractivity contribution in [3.8, 4) is 0 Å². The van der Waals surface area contributed by atoms with E-state index in [-0.39, 0.29) is 23.1 Å². The van der Waals surface area contributed by atoms with Gasteiger partial charge in [-0.25, -0.2) is 0 Å². The van der Waals surface area contributed by atoms with Crippen LogP contribution in [0, 0.1) is 0 Å². The van der Waals surface area contributed by atoms with Crippen LogP contribution in [0.4, 0.5) is 0 Å². The van der Waals surface area contributed by atoms with Crippen LogP contribution >= 0.6 is 27.3 Å². The van der Waals surface area contributed by atoms with Gasteiger partial charge in [-0.3, -0.25) is 9.59 Å². The van der Waals surface area contributed by atoms with Gasteiger partial charge in [0.2, 0.25) is 5.76 Å². The maximum absolute atomic E-state index is 13.1. The number of fused-ring (bicyclic) bond motifs is 2. The van der Waals surface area contributed by atoms with E-state index in [4.69, 9.17) is 4.42 Å². The van der Waals surface area contributed by atoms with Crippen molar-refractivity contribution in [1.82, 2.24) is 4.90 Å². The van der Waals surface area contributed by atoms with Crippen molar-refractivity contribution in [2.45, 2.75) is 19.4 Å². The maximum Gasteiger partial charge on any atom is 0.290 e. The predicted molar refractivity (Wildman–Crippen MR) is 97.7 cm³/mol. The summed E-state index contributed by atoms with van der Waals surface area (Å²) in [7, 11) is 0. The molecule has 6 heteroatoms. The van der Waals surface area contributed by atoms with Gasteiger partial charge in [0.1, 0.15) is 5.58 Å². The second-order valence-electron chi connectivity index (χ2n) is 5.73. The Morgan fingerprint density at radius 3 is 2.83 bits per heavy atom. The van der Waals surface area contributed by atoms with Crippen LogP contribution in [0.3, 0.4) is 0 Å². The van der Waals surface area contributed by atoms with Gasteiger partial charge in [0.15, 0.2) is 5.43 Å². The molecule has 0 saturated heterocycles. The first-order valence-corrected chi connectivity index (χ1v) is 9.39. The second kappa shape index (κ2) is 5.86. The Morgan fingerprint density at radius 1 is 1.29 bits per heavy atom. The molecule has 1 aliphatic heterocycles. The summed E-state index contributed by atoms with van der Waals surface area (Å²) in [6, 6.07) is 8.82. The lowest BCUT2D eigenvalue weighted by Gasteiger charge is -2.23. The van der Waals surface area contributed by atoms with Gasteiger partial charge in [0.05, 0.1) is 17.0 Å². The molecule has 0 spiro atoms. The molecule has 1 aliphatic rings. The van der Waals surface area contributed by atoms with Crippen LogP contribution in [0.25, 0.3) is 11.0 Å². The summed E-state index contributed by atoms with van der Waals surface area (Å²) in [5.74, 6) is -0.0196. The molecule has 4 nitrogen and oxygen atoms in total. The number of benzene rings is 1. The third-order valence-electron chi connectivity index (χ3n) is 4.20. The summed E-state index contributed by atoms with van der Waals surface area (Å²) in [6.45, 7) is 2.61. The standard InChI is InChI=1S/C18H14BrNO3S/c1-2-7-20-15(13-4-3-8-24-13)14-16(21)11-9-10(19)5-6-12(11)23-17(14)18(20)22/h3-6,8-9,15H,2,7H2,1H3. The molecule has 0 fully saturated rings. The molecule has 3 heterocycles. The molecule has 4 rings (SSSR count). The lowest BCUT2D eigenvalue weighted by molar-refractivity contribution is 0.0730. The van der Waals surface area contributed by atoms with E-state index in [2.05, 4.69) is 15.9 Å². The van der Waals surface area contributed by atoms with E-state index in [1.807, 2.05) is 24.4 Å². The number of carbonyl (C=O) groups is 1. The first-order chi connectivity index (χ1) is 11.6. The Balaban J connectivity index is 2.03. The lowest BCUT2D eigenvalue weighted by Crippen LogP contribution is -2.29. The minimum atomic E-state index is -0.355. The summed E-state index contributed by atoms with van der Waals surface area (Å²) in [4.78, 5) is 28.7. The Morgan fingerprint density at radius 2 is 2.12 bits per heavy atom. The summed E-state index contributed by atoms with van der Waals surface area (Å²) in [5, 5.41) is 2.46. The van der Waals surface area contributed by atoms with Gasteiger partial charge in [0.25, 0.3) is 5.91 Å². The van der Waals surface area contributed by atoms with Crippen molar-refractivity contribution < 1.29 is 9.21 Å². The summed E-state index contributed by atoms with van der Waals surface area (Å²) in [6.07, 6.45) is 0.820. The average Bonchev–Trinajstić information content (AvgIpc) is 3.17. The number of halogens is 1. The maximum atomic E-state index is 13.1. The highest BCUT2D eigenvalue weighted by atomic mass is 79.9. The van der Waals surface area contributed by atoms with Crippen molar-refractivity contribution in [1.29, 1.82) is 0 Å². The van der Waals surface area contributed by atoms with Crippen molar-refractivity contribution >= 4 is 44.1 Å². The van der Waals surface area contributed by atoms with Gasteiger partial charge < -0.3 is 9.32 Å². The number of carbonyl (C=O) groups excluding carboxylic acids is 1. The third-order valence-corrected chi connectivity index (χ3v) is 5.62. The molecule has 24 heavy (non-hydrogen) atoms. The molecule has 0 bridgehead atoms. The molecule has 0 radical (unpaired) electrons. The van der Waals surface area contributed by atoms with Crippen molar-refractivity contribution in [3.05, 3.63) is 66.6 Å². The van der Waals surface area contributed by atoms with Gasteiger partial charge >= 0.3 is 0 Å². The molecule has 1 atom stereocenters. The molecule has 0 aliphatic carbocycles. The fourth-order valence-corrected chi connectivity index (χ4v) is 4.41. The van der Waals surface area contributed by atoms with E-state index in [1.165, 1.54) is 0 Å². The average molecular weight is 404 g/mol. The van der Waals surface area contributed by atoms with Crippen LogP contribution in [0.5, 0.6) is 0 Å². The number of amides is 1. The van der Waals surface area contributed by atoms with Crippen molar-refractivity contribution in [3.63, 3.8) is 0 Å². The van der Waals surface area contributed by atoms with Gasteiger partial charge in [-0.15, -0.1) is 11.3 Å². The lowest BCUT2D eigenvalue weighted by atomic mass is 10.0. The molecule has 2 aromatic heterocycles. The minimum Gasteiger partial charge on any atom is -0.450 e. The number of hydrogen-bond acceptors (Lipinski definition) is 4. The molecule has 0 N–H and O–H groups in total. The predicted octanol–water partition coefficient (Wildman–Crippen LogP) is 4.57. The summed E-state index contributed by atoms with van der Waals surface area (Å²) in [5.41, 5.74) is 0.776. The molecule has 1 aromatic carbocycles. The topological polar surface area (TPSA) is 50.5 Å². The molecule has 0 saturated carbocycles. The quantitative estimate of drug-likeness (QED) is 0.643. The van der Waals surface area contributed by atoms with Crippen LogP contribution in [0.1, 0.15) is 40.4 Å². The Hall–Kier alpha value is -1.92. The fourth-order valence-electron chi connectivity index (χ4n) is 3.21. The zero-order valence-corrected chi connectivity index (χ0v) is 15.3. The molecular weight excluding hydrogens is 390 g/mol. The van der Waals surface area contributed by atoms with Crippen LogP contribution in [0.2, 0.25) is 0 Å². The van der Waals surface area contributed by atoms with Gasteiger partial charge in [-0.05, 0) is 36.1 Å². The van der Waals surface area contributed by atoms with Crippen LogP contribution in [-0.4, -0.2) is 17.4 Å². The molecule has 1 amide bonds. The fraction of sp³-hybridized carbons (Fsp3) is 0.222. The van der Waals surface area contributed by atoms with Crippen LogP contribution < -0.4 is 5.43 Å². The SMILES string of the molecule is CCCN1C(=O)c2oc3ccc(Br)cc3c(=O)c2C1c1cccs1. The van der Waals surface area contributed by atoms with Gasteiger partial charge in [0, 0.05) is 15.9 Å². The molecule has 3 aromatic rings.